The van der Waals surface area contributed by atoms with E-state index in [0.29, 0.717) is 23.0 Å². The molecule has 0 aliphatic rings. The lowest BCUT2D eigenvalue weighted by atomic mass is 10.2. The van der Waals surface area contributed by atoms with Crippen LogP contribution in [0.5, 0.6) is 0 Å². The Kier molecular flexibility index (Phi) is 10.3. The number of carbonyl (C=O) groups excluding carboxylic acids is 2. The molecule has 1 heterocycles. The number of anilines is 2. The van der Waals surface area contributed by atoms with Crippen LogP contribution in [0.1, 0.15) is 35.6 Å². The van der Waals surface area contributed by atoms with Gasteiger partial charge in [0.2, 0.25) is 5.95 Å². The van der Waals surface area contributed by atoms with Crippen LogP contribution in [-0.4, -0.2) is 61.4 Å². The second kappa shape index (κ2) is 13.2. The van der Waals surface area contributed by atoms with Crippen molar-refractivity contribution in [3.63, 3.8) is 0 Å². The molecule has 0 fully saturated rings. The van der Waals surface area contributed by atoms with Gasteiger partial charge in [-0.1, -0.05) is 37.0 Å². The van der Waals surface area contributed by atoms with Crippen molar-refractivity contribution in [1.29, 1.82) is 0 Å². The molecule has 3 amide bonds. The van der Waals surface area contributed by atoms with Gasteiger partial charge in [0, 0.05) is 28.6 Å². The van der Waals surface area contributed by atoms with E-state index in [9.17, 15) is 18.0 Å². The molecule has 0 aliphatic heterocycles. The molecule has 10 nitrogen and oxygen atoms in total. The smallest absolute Gasteiger partial charge is 0.308 e. The van der Waals surface area contributed by atoms with Gasteiger partial charge in [0.15, 0.2) is 0 Å². The Hall–Kier alpha value is -3.25. The number of likely N-dealkylation sites (N-methyl/N-ethyl adjacent to an activating group) is 1. The molecule has 0 radical (unpaired) electrons. The van der Waals surface area contributed by atoms with Crippen LogP contribution in [0, 0.1) is 13.8 Å². The molecule has 2 N–H and O–H groups in total. The topological polar surface area (TPSA) is 125 Å². The maximum atomic E-state index is 13.7. The normalized spacial score (nSPS) is 11.4. The Morgan fingerprint density at radius 2 is 1.51 bits per heavy atom. The molecular weight excluding hydrogens is 563 g/mol. The van der Waals surface area contributed by atoms with E-state index in [1.807, 2.05) is 13.8 Å². The van der Waals surface area contributed by atoms with Crippen LogP contribution in [0.2, 0.25) is 10.0 Å². The summed E-state index contributed by atoms with van der Waals surface area (Å²) in [5.41, 5.74) is 1.66. The lowest BCUT2D eigenvalue weighted by molar-refractivity contribution is 0.0967. The van der Waals surface area contributed by atoms with E-state index in [4.69, 9.17) is 23.2 Å². The van der Waals surface area contributed by atoms with Crippen LogP contribution < -0.4 is 14.9 Å². The standard InChI is InChI=1S/C26H30Cl2N6O4S/c1-5-33(6-2)13-14-34(25-29-17(3)15-18(4)30-25)39(37,38)21-10-8-20(9-11-21)31-26(36)32-24(35)22-12-7-19(27)16-23(22)28/h7-12,15-16H,5-6,13-14H2,1-4H3,(H2,31,32,35,36). The highest BCUT2D eigenvalue weighted by Gasteiger charge is 2.28. The summed E-state index contributed by atoms with van der Waals surface area (Å²) in [5, 5.41) is 5.13. The number of nitrogens with zero attached hydrogens (tertiary/aromatic N) is 4. The lowest BCUT2D eigenvalue weighted by Gasteiger charge is -2.26. The summed E-state index contributed by atoms with van der Waals surface area (Å²) in [7, 11) is -4.03. The monoisotopic (exact) mass is 592 g/mol. The SMILES string of the molecule is CCN(CC)CCN(c1nc(C)cc(C)n1)S(=O)(=O)c1ccc(NC(=O)NC(=O)c2ccc(Cl)cc2Cl)cc1. The molecule has 39 heavy (non-hydrogen) atoms. The van der Waals surface area contributed by atoms with E-state index in [-0.39, 0.29) is 33.7 Å². The van der Waals surface area contributed by atoms with E-state index < -0.39 is 22.0 Å². The van der Waals surface area contributed by atoms with Gasteiger partial charge >= 0.3 is 6.03 Å². The summed E-state index contributed by atoms with van der Waals surface area (Å²) in [6.45, 7) is 9.78. The fraction of sp³-hybridized carbons (Fsp3) is 0.308. The summed E-state index contributed by atoms with van der Waals surface area (Å²) < 4.78 is 28.6. The fourth-order valence-electron chi connectivity index (χ4n) is 3.76. The second-order valence-electron chi connectivity index (χ2n) is 8.61. The van der Waals surface area contributed by atoms with Gasteiger partial charge in [0.05, 0.1) is 22.0 Å². The predicted octanol–water partition coefficient (Wildman–Crippen LogP) is 4.90. The second-order valence-corrected chi connectivity index (χ2v) is 11.3. The van der Waals surface area contributed by atoms with Crippen molar-refractivity contribution in [2.24, 2.45) is 0 Å². The molecule has 0 atom stereocenters. The molecule has 0 bridgehead atoms. The van der Waals surface area contributed by atoms with Gasteiger partial charge in [-0.3, -0.25) is 10.1 Å². The molecule has 3 rings (SSSR count). The van der Waals surface area contributed by atoms with E-state index in [0.717, 1.165) is 13.1 Å². The maximum absolute atomic E-state index is 13.7. The third-order valence-corrected chi connectivity index (χ3v) is 8.15. The highest BCUT2D eigenvalue weighted by atomic mass is 35.5. The summed E-state index contributed by atoms with van der Waals surface area (Å²) in [6.07, 6.45) is 0. The quantitative estimate of drug-likeness (QED) is 0.343. The number of halogens is 2. The zero-order valence-electron chi connectivity index (χ0n) is 22.0. The van der Waals surface area contributed by atoms with Gasteiger partial charge in [-0.05, 0) is 75.5 Å². The number of carbonyl (C=O) groups is 2. The third-order valence-electron chi connectivity index (χ3n) is 5.81. The first-order chi connectivity index (χ1) is 18.4. The minimum Gasteiger partial charge on any atom is -0.308 e. The number of benzene rings is 2. The molecule has 1 aromatic heterocycles. The number of hydrogen-bond acceptors (Lipinski definition) is 7. The molecule has 0 aliphatic carbocycles. The number of aryl methyl sites for hydroxylation is 2. The first-order valence-corrected chi connectivity index (χ1v) is 14.4. The van der Waals surface area contributed by atoms with Gasteiger partial charge in [-0.2, -0.15) is 0 Å². The van der Waals surface area contributed by atoms with Crippen LogP contribution in [0.15, 0.2) is 53.4 Å². The summed E-state index contributed by atoms with van der Waals surface area (Å²) in [5.74, 6) is -0.619. The van der Waals surface area contributed by atoms with Crippen LogP contribution in [0.4, 0.5) is 16.4 Å². The number of aromatic nitrogens is 2. The predicted molar refractivity (Wildman–Crippen MR) is 153 cm³/mol. The van der Waals surface area contributed by atoms with Crippen LogP contribution in [0.25, 0.3) is 0 Å². The summed E-state index contributed by atoms with van der Waals surface area (Å²) in [4.78, 5) is 35.6. The Balaban J connectivity index is 1.79. The van der Waals surface area contributed by atoms with E-state index in [2.05, 4.69) is 25.5 Å². The Bertz CT molecular complexity index is 1430. The molecule has 208 valence electrons. The van der Waals surface area contributed by atoms with E-state index in [1.165, 1.54) is 46.8 Å². The van der Waals surface area contributed by atoms with Crippen molar-refractivity contribution in [2.75, 3.05) is 35.8 Å². The van der Waals surface area contributed by atoms with Crippen molar-refractivity contribution >= 4 is 56.8 Å². The number of rotatable bonds is 10. The number of amides is 3. The van der Waals surface area contributed by atoms with Crippen LogP contribution >= 0.6 is 23.2 Å². The maximum Gasteiger partial charge on any atom is 0.326 e. The largest absolute Gasteiger partial charge is 0.326 e. The first kappa shape index (κ1) is 30.3. The van der Waals surface area contributed by atoms with Gasteiger partial charge in [-0.15, -0.1) is 0 Å². The Morgan fingerprint density at radius 1 is 0.897 bits per heavy atom. The fourth-order valence-corrected chi connectivity index (χ4v) is 5.61. The van der Waals surface area contributed by atoms with Gasteiger partial charge in [-0.25, -0.2) is 27.5 Å². The van der Waals surface area contributed by atoms with Crippen molar-refractivity contribution in [2.45, 2.75) is 32.6 Å². The van der Waals surface area contributed by atoms with Crippen LogP contribution in [-0.2, 0) is 10.0 Å². The van der Waals surface area contributed by atoms with Crippen molar-refractivity contribution in [1.82, 2.24) is 20.2 Å². The van der Waals surface area contributed by atoms with Crippen molar-refractivity contribution in [3.8, 4) is 0 Å². The average molecular weight is 594 g/mol. The molecule has 0 spiro atoms. The minimum atomic E-state index is -4.03. The van der Waals surface area contributed by atoms with E-state index in [1.54, 1.807) is 19.9 Å². The first-order valence-electron chi connectivity index (χ1n) is 12.2. The van der Waals surface area contributed by atoms with Crippen molar-refractivity contribution < 1.29 is 18.0 Å². The van der Waals surface area contributed by atoms with Gasteiger partial charge in [0.25, 0.3) is 15.9 Å². The highest BCUT2D eigenvalue weighted by molar-refractivity contribution is 7.92. The number of sulfonamides is 1. The molecular formula is C26H30Cl2N6O4S. The van der Waals surface area contributed by atoms with Gasteiger partial charge in [0.1, 0.15) is 0 Å². The summed E-state index contributed by atoms with van der Waals surface area (Å²) >= 11 is 11.9. The lowest BCUT2D eigenvalue weighted by Crippen LogP contribution is -2.40. The Labute approximate surface area is 238 Å². The number of hydrogen-bond donors (Lipinski definition) is 2. The number of imide groups is 1. The number of nitrogens with one attached hydrogen (secondary N) is 2. The molecule has 2 aromatic carbocycles. The zero-order valence-corrected chi connectivity index (χ0v) is 24.4. The summed E-state index contributed by atoms with van der Waals surface area (Å²) in [6, 6.07) is 10.8. The third kappa shape index (κ3) is 7.89. The average Bonchev–Trinajstić information content (AvgIpc) is 2.86. The van der Waals surface area contributed by atoms with Crippen LogP contribution in [0.3, 0.4) is 0 Å². The van der Waals surface area contributed by atoms with E-state index >= 15 is 0 Å². The zero-order chi connectivity index (χ0) is 28.7. The molecule has 0 saturated heterocycles. The number of urea groups is 1. The minimum absolute atomic E-state index is 0.000197. The molecule has 0 unspecified atom stereocenters. The van der Waals surface area contributed by atoms with Crippen molar-refractivity contribution in [3.05, 3.63) is 75.5 Å². The molecule has 13 heteroatoms. The molecule has 3 aromatic rings. The Morgan fingerprint density at radius 3 is 2.08 bits per heavy atom. The molecule has 0 saturated carbocycles. The van der Waals surface area contributed by atoms with Gasteiger partial charge < -0.3 is 10.2 Å². The highest BCUT2D eigenvalue weighted by Crippen LogP contribution is 2.24.